The minimum atomic E-state index is -1.53. The molecule has 1 amide bonds. The Morgan fingerprint density at radius 3 is 2.61 bits per heavy atom. The van der Waals surface area contributed by atoms with Crippen molar-refractivity contribution in [3.8, 4) is 0 Å². The van der Waals surface area contributed by atoms with Crippen LogP contribution in [0.4, 0.5) is 18.9 Å². The fourth-order valence-electron chi connectivity index (χ4n) is 2.88. The first kappa shape index (κ1) is 14.1. The second-order valence-corrected chi connectivity index (χ2v) is 5.79. The van der Waals surface area contributed by atoms with Crippen LogP contribution in [0.2, 0.25) is 0 Å². The Hall–Kier alpha value is -2.48. The highest BCUT2D eigenvalue weighted by molar-refractivity contribution is 7.00. The first-order valence-corrected chi connectivity index (χ1v) is 7.47. The Bertz CT molecular complexity index is 933. The lowest BCUT2D eigenvalue weighted by atomic mass is 9.84. The second-order valence-electron chi connectivity index (χ2n) is 5.26. The van der Waals surface area contributed by atoms with Gasteiger partial charge in [0.15, 0.2) is 17.5 Å². The number of aromatic nitrogens is 2. The zero-order valence-corrected chi connectivity index (χ0v) is 12.3. The highest BCUT2D eigenvalue weighted by Gasteiger charge is 2.31. The number of nitrogens with one attached hydrogen (secondary N) is 1. The number of carbonyl (C=O) groups excluding carboxylic acids is 1. The van der Waals surface area contributed by atoms with Gasteiger partial charge >= 0.3 is 0 Å². The molecule has 0 bridgehead atoms. The van der Waals surface area contributed by atoms with Gasteiger partial charge in [-0.3, -0.25) is 4.79 Å². The maximum absolute atomic E-state index is 13.6. The summed E-state index contributed by atoms with van der Waals surface area (Å²) >= 11 is 1.01. The van der Waals surface area contributed by atoms with Gasteiger partial charge in [-0.2, -0.15) is 8.75 Å². The van der Waals surface area contributed by atoms with E-state index in [-0.39, 0.29) is 17.9 Å². The van der Waals surface area contributed by atoms with Crippen molar-refractivity contribution in [1.82, 2.24) is 8.75 Å². The smallest absolute Gasteiger partial charge is 0.225 e. The van der Waals surface area contributed by atoms with Crippen molar-refractivity contribution in [3.63, 3.8) is 0 Å². The van der Waals surface area contributed by atoms with Crippen LogP contribution in [0.15, 0.2) is 24.3 Å². The molecule has 3 aromatic rings. The van der Waals surface area contributed by atoms with E-state index in [4.69, 9.17) is 0 Å². The van der Waals surface area contributed by atoms with Crippen molar-refractivity contribution in [2.24, 2.45) is 0 Å². The van der Waals surface area contributed by atoms with E-state index in [1.54, 1.807) is 12.1 Å². The summed E-state index contributed by atoms with van der Waals surface area (Å²) in [5, 5.41) is 2.72. The van der Waals surface area contributed by atoms with Gasteiger partial charge in [0.1, 0.15) is 11.0 Å². The number of hydrogen-bond acceptors (Lipinski definition) is 4. The number of fused-ring (bicyclic) bond motifs is 3. The largest absolute Gasteiger partial charge is 0.326 e. The average Bonchev–Trinajstić information content (AvgIpc) is 2.99. The molecule has 8 heteroatoms. The van der Waals surface area contributed by atoms with Crippen molar-refractivity contribution in [1.29, 1.82) is 0 Å². The molecule has 1 aliphatic rings. The van der Waals surface area contributed by atoms with Crippen molar-refractivity contribution >= 4 is 34.4 Å². The zero-order chi connectivity index (χ0) is 16.1. The van der Waals surface area contributed by atoms with E-state index in [0.29, 0.717) is 22.3 Å². The molecule has 23 heavy (non-hydrogen) atoms. The number of rotatable bonds is 1. The Balaban J connectivity index is 1.97. The van der Waals surface area contributed by atoms with E-state index in [2.05, 4.69) is 14.1 Å². The number of benzene rings is 2. The van der Waals surface area contributed by atoms with E-state index in [1.807, 2.05) is 0 Å². The van der Waals surface area contributed by atoms with Crippen LogP contribution in [0.3, 0.4) is 0 Å². The van der Waals surface area contributed by atoms with E-state index in [9.17, 15) is 18.0 Å². The Labute approximate surface area is 132 Å². The first-order valence-electron chi connectivity index (χ1n) is 6.74. The molecule has 0 spiro atoms. The lowest BCUT2D eigenvalue weighted by Gasteiger charge is -2.26. The third-order valence-corrected chi connectivity index (χ3v) is 4.43. The third-order valence-electron chi connectivity index (χ3n) is 3.89. The van der Waals surface area contributed by atoms with Gasteiger partial charge in [0.25, 0.3) is 0 Å². The Kier molecular flexibility index (Phi) is 3.08. The van der Waals surface area contributed by atoms with Crippen molar-refractivity contribution in [2.75, 3.05) is 5.32 Å². The molecule has 2 aromatic carbocycles. The van der Waals surface area contributed by atoms with Gasteiger partial charge in [-0.1, -0.05) is 0 Å². The molecule has 0 aliphatic carbocycles. The molecule has 116 valence electrons. The number of amides is 1. The zero-order valence-electron chi connectivity index (χ0n) is 11.4. The van der Waals surface area contributed by atoms with Crippen molar-refractivity contribution < 1.29 is 18.0 Å². The second kappa shape index (κ2) is 5.02. The standard InChI is InChI=1S/C15H8F3N3OS/c16-8-3-6(4-9(17)14(8)18)7-5-12(22)19-10-1-2-11-15(13(7)10)21-23-20-11/h1-4,7H,5H2,(H,19,22). The number of anilines is 1. The maximum atomic E-state index is 13.6. The summed E-state index contributed by atoms with van der Waals surface area (Å²) in [7, 11) is 0. The number of halogens is 3. The summed E-state index contributed by atoms with van der Waals surface area (Å²) in [6.07, 6.45) is -0.00580. The molecule has 0 radical (unpaired) electrons. The van der Waals surface area contributed by atoms with Gasteiger partial charge in [0.2, 0.25) is 5.91 Å². The van der Waals surface area contributed by atoms with Crippen LogP contribution in [-0.4, -0.2) is 14.7 Å². The fourth-order valence-corrected chi connectivity index (χ4v) is 3.43. The van der Waals surface area contributed by atoms with Crippen LogP contribution in [0.5, 0.6) is 0 Å². The minimum absolute atomic E-state index is 0.00580. The molecule has 1 atom stereocenters. The summed E-state index contributed by atoms with van der Waals surface area (Å²) in [6.45, 7) is 0. The molecule has 0 fully saturated rings. The molecule has 1 aromatic heterocycles. The molecule has 2 heterocycles. The van der Waals surface area contributed by atoms with E-state index < -0.39 is 23.4 Å². The van der Waals surface area contributed by atoms with E-state index in [0.717, 1.165) is 23.9 Å². The van der Waals surface area contributed by atoms with Crippen molar-refractivity contribution in [2.45, 2.75) is 12.3 Å². The normalized spacial score (nSPS) is 17.2. The average molecular weight is 335 g/mol. The van der Waals surface area contributed by atoms with Crippen LogP contribution >= 0.6 is 11.7 Å². The topological polar surface area (TPSA) is 54.9 Å². The van der Waals surface area contributed by atoms with Gasteiger partial charge in [-0.05, 0) is 29.8 Å². The summed E-state index contributed by atoms with van der Waals surface area (Å²) in [6, 6.07) is 5.24. The minimum Gasteiger partial charge on any atom is -0.326 e. The molecule has 1 aliphatic heterocycles. The third kappa shape index (κ3) is 2.17. The lowest BCUT2D eigenvalue weighted by molar-refractivity contribution is -0.116. The van der Waals surface area contributed by atoms with Gasteiger partial charge in [-0.25, -0.2) is 13.2 Å². The lowest BCUT2D eigenvalue weighted by Crippen LogP contribution is -2.24. The first-order chi connectivity index (χ1) is 11.0. The van der Waals surface area contributed by atoms with Gasteiger partial charge in [-0.15, -0.1) is 0 Å². The van der Waals surface area contributed by atoms with Crippen LogP contribution in [0.1, 0.15) is 23.5 Å². The molecule has 4 nitrogen and oxygen atoms in total. The molecule has 1 unspecified atom stereocenters. The number of nitrogens with zero attached hydrogens (tertiary/aromatic N) is 2. The summed E-state index contributed by atoms with van der Waals surface area (Å²) in [4.78, 5) is 11.9. The highest BCUT2D eigenvalue weighted by Crippen LogP contribution is 2.41. The predicted molar refractivity (Wildman–Crippen MR) is 78.8 cm³/mol. The monoisotopic (exact) mass is 335 g/mol. The van der Waals surface area contributed by atoms with Crippen LogP contribution in [-0.2, 0) is 4.79 Å². The molecule has 1 N–H and O–H groups in total. The molecule has 4 rings (SSSR count). The van der Waals surface area contributed by atoms with E-state index >= 15 is 0 Å². The molecule has 0 saturated heterocycles. The molecular weight excluding hydrogens is 327 g/mol. The molecule has 0 saturated carbocycles. The predicted octanol–water partition coefficient (Wildman–Crippen LogP) is 3.58. The van der Waals surface area contributed by atoms with Crippen molar-refractivity contribution in [3.05, 3.63) is 52.8 Å². The summed E-state index contributed by atoms with van der Waals surface area (Å²) in [5.41, 5.74) is 2.57. The fraction of sp³-hybridized carbons (Fsp3) is 0.133. The van der Waals surface area contributed by atoms with Crippen LogP contribution in [0.25, 0.3) is 11.0 Å². The van der Waals surface area contributed by atoms with Gasteiger partial charge in [0.05, 0.1) is 11.7 Å². The number of hydrogen-bond donors (Lipinski definition) is 1. The highest BCUT2D eigenvalue weighted by atomic mass is 32.1. The summed E-state index contributed by atoms with van der Waals surface area (Å²) in [5.74, 6) is -4.99. The number of carbonyl (C=O) groups is 1. The maximum Gasteiger partial charge on any atom is 0.225 e. The Morgan fingerprint density at radius 1 is 1.13 bits per heavy atom. The van der Waals surface area contributed by atoms with E-state index in [1.165, 1.54) is 0 Å². The van der Waals surface area contributed by atoms with Gasteiger partial charge in [0, 0.05) is 23.6 Å². The SMILES string of the molecule is O=C1CC(c2cc(F)c(F)c(F)c2)c2c(ccc3nsnc23)N1. The quantitative estimate of drug-likeness (QED) is 0.692. The summed E-state index contributed by atoms with van der Waals surface area (Å²) < 4.78 is 48.7. The molecular formula is C15H8F3N3OS. The van der Waals surface area contributed by atoms with Crippen LogP contribution < -0.4 is 5.32 Å². The Morgan fingerprint density at radius 2 is 1.87 bits per heavy atom. The van der Waals surface area contributed by atoms with Gasteiger partial charge < -0.3 is 5.32 Å². The van der Waals surface area contributed by atoms with Crippen LogP contribution in [0, 0.1) is 17.5 Å².